The summed E-state index contributed by atoms with van der Waals surface area (Å²) in [6, 6.07) is 6.53. The summed E-state index contributed by atoms with van der Waals surface area (Å²) in [7, 11) is 0. The summed E-state index contributed by atoms with van der Waals surface area (Å²) in [6.45, 7) is 4.17. The van der Waals surface area contributed by atoms with Crippen LogP contribution in [-0.2, 0) is 0 Å². The van der Waals surface area contributed by atoms with Gasteiger partial charge in [0, 0.05) is 11.6 Å². The number of halogens is 2. The number of rotatable bonds is 3. The van der Waals surface area contributed by atoms with Crippen molar-refractivity contribution in [3.05, 3.63) is 35.6 Å². The standard InChI is InChI=1S/C11H16FN.ClH/c1-8(2)7-11(13)9-5-3-4-6-10(9)12;/h3-6,8,11H,7,13H2,1-2H3;1H/t11-;/m1./s1. The average Bonchev–Trinajstić information content (AvgIpc) is 2.03. The summed E-state index contributed by atoms with van der Waals surface area (Å²) in [4.78, 5) is 0. The molecule has 2 N–H and O–H groups in total. The second-order valence-corrected chi connectivity index (χ2v) is 3.76. The van der Waals surface area contributed by atoms with Crippen molar-refractivity contribution >= 4 is 12.4 Å². The van der Waals surface area contributed by atoms with Crippen LogP contribution in [0.15, 0.2) is 24.3 Å². The third-order valence-electron chi connectivity index (χ3n) is 2.03. The molecule has 0 aliphatic heterocycles. The SMILES string of the molecule is CC(C)C[C@@H](N)c1ccccc1F.Cl. The lowest BCUT2D eigenvalue weighted by Gasteiger charge is -2.14. The van der Waals surface area contributed by atoms with E-state index >= 15 is 0 Å². The van der Waals surface area contributed by atoms with Crippen LogP contribution in [0.4, 0.5) is 4.39 Å². The van der Waals surface area contributed by atoms with Gasteiger partial charge in [0.05, 0.1) is 0 Å². The largest absolute Gasteiger partial charge is 0.324 e. The molecule has 0 amide bonds. The molecule has 0 aliphatic rings. The van der Waals surface area contributed by atoms with Crippen molar-refractivity contribution in [2.24, 2.45) is 11.7 Å². The zero-order valence-corrected chi connectivity index (χ0v) is 9.35. The molecule has 1 aromatic rings. The molecule has 0 aromatic heterocycles. The van der Waals surface area contributed by atoms with Crippen molar-refractivity contribution in [3.8, 4) is 0 Å². The van der Waals surface area contributed by atoms with E-state index in [9.17, 15) is 4.39 Å². The van der Waals surface area contributed by atoms with Crippen molar-refractivity contribution in [1.29, 1.82) is 0 Å². The van der Waals surface area contributed by atoms with Crippen molar-refractivity contribution in [1.82, 2.24) is 0 Å². The van der Waals surface area contributed by atoms with Crippen molar-refractivity contribution in [3.63, 3.8) is 0 Å². The van der Waals surface area contributed by atoms with Crippen LogP contribution in [0, 0.1) is 11.7 Å². The predicted octanol–water partition coefficient (Wildman–Crippen LogP) is 3.29. The predicted molar refractivity (Wildman–Crippen MR) is 60.0 cm³/mol. The topological polar surface area (TPSA) is 26.0 Å². The van der Waals surface area contributed by atoms with Gasteiger partial charge in [0.25, 0.3) is 0 Å². The maximum absolute atomic E-state index is 13.2. The first kappa shape index (κ1) is 13.4. The highest BCUT2D eigenvalue weighted by atomic mass is 35.5. The van der Waals surface area contributed by atoms with Gasteiger partial charge in [-0.25, -0.2) is 4.39 Å². The molecule has 3 heteroatoms. The van der Waals surface area contributed by atoms with Crippen molar-refractivity contribution in [2.45, 2.75) is 26.3 Å². The van der Waals surface area contributed by atoms with Crippen LogP contribution < -0.4 is 5.73 Å². The van der Waals surface area contributed by atoms with E-state index in [1.165, 1.54) is 6.07 Å². The molecule has 1 rings (SSSR count). The Hall–Kier alpha value is -0.600. The zero-order valence-electron chi connectivity index (χ0n) is 8.53. The Bertz CT molecular complexity index is 276. The minimum absolute atomic E-state index is 0. The third-order valence-corrected chi connectivity index (χ3v) is 2.03. The van der Waals surface area contributed by atoms with E-state index in [-0.39, 0.29) is 24.3 Å². The summed E-state index contributed by atoms with van der Waals surface area (Å²) < 4.78 is 13.2. The number of hydrogen-bond donors (Lipinski definition) is 1. The fourth-order valence-electron chi connectivity index (χ4n) is 1.41. The Morgan fingerprint density at radius 2 is 1.86 bits per heavy atom. The van der Waals surface area contributed by atoms with E-state index in [1.807, 2.05) is 6.07 Å². The summed E-state index contributed by atoms with van der Waals surface area (Å²) >= 11 is 0. The van der Waals surface area contributed by atoms with Gasteiger partial charge in [-0.2, -0.15) is 0 Å². The molecule has 0 spiro atoms. The van der Waals surface area contributed by atoms with Crippen molar-refractivity contribution < 1.29 is 4.39 Å². The van der Waals surface area contributed by atoms with Crippen LogP contribution in [0.3, 0.4) is 0 Å². The van der Waals surface area contributed by atoms with Gasteiger partial charge in [-0.15, -0.1) is 12.4 Å². The quantitative estimate of drug-likeness (QED) is 0.826. The molecular formula is C11H17ClFN. The molecule has 0 saturated heterocycles. The third kappa shape index (κ3) is 3.64. The Kier molecular flexibility index (Phi) is 5.73. The van der Waals surface area contributed by atoms with Gasteiger partial charge >= 0.3 is 0 Å². The molecule has 1 nitrogen and oxygen atoms in total. The highest BCUT2D eigenvalue weighted by Gasteiger charge is 2.11. The van der Waals surface area contributed by atoms with E-state index < -0.39 is 0 Å². The molecule has 0 bridgehead atoms. The van der Waals surface area contributed by atoms with Gasteiger partial charge in [-0.3, -0.25) is 0 Å². The summed E-state index contributed by atoms with van der Waals surface area (Å²) in [5.74, 6) is 0.297. The van der Waals surface area contributed by atoms with Gasteiger partial charge in [-0.1, -0.05) is 32.0 Å². The van der Waals surface area contributed by atoms with Crippen molar-refractivity contribution in [2.75, 3.05) is 0 Å². The van der Waals surface area contributed by atoms with E-state index in [0.717, 1.165) is 6.42 Å². The van der Waals surface area contributed by atoms with E-state index in [4.69, 9.17) is 5.73 Å². The van der Waals surface area contributed by atoms with Crippen LogP contribution in [0.1, 0.15) is 31.9 Å². The number of nitrogens with two attached hydrogens (primary N) is 1. The van der Waals surface area contributed by atoms with E-state index in [2.05, 4.69) is 13.8 Å². The first-order valence-corrected chi connectivity index (χ1v) is 4.61. The zero-order chi connectivity index (χ0) is 9.84. The second-order valence-electron chi connectivity index (χ2n) is 3.76. The number of benzene rings is 1. The van der Waals surface area contributed by atoms with Gasteiger partial charge < -0.3 is 5.73 Å². The molecule has 0 fully saturated rings. The highest BCUT2D eigenvalue weighted by Crippen LogP contribution is 2.20. The molecular weight excluding hydrogens is 201 g/mol. The molecule has 14 heavy (non-hydrogen) atoms. The molecule has 0 saturated carbocycles. The Balaban J connectivity index is 0.00000169. The highest BCUT2D eigenvalue weighted by molar-refractivity contribution is 5.85. The molecule has 80 valence electrons. The smallest absolute Gasteiger partial charge is 0.127 e. The molecule has 0 heterocycles. The fraction of sp³-hybridized carbons (Fsp3) is 0.455. The first-order chi connectivity index (χ1) is 6.11. The maximum atomic E-state index is 13.2. The van der Waals surface area contributed by atoms with Crippen LogP contribution in [-0.4, -0.2) is 0 Å². The van der Waals surface area contributed by atoms with Gasteiger partial charge in [0.15, 0.2) is 0 Å². The van der Waals surface area contributed by atoms with Crippen LogP contribution in [0.2, 0.25) is 0 Å². The molecule has 0 radical (unpaired) electrons. The Morgan fingerprint density at radius 1 is 1.29 bits per heavy atom. The minimum Gasteiger partial charge on any atom is -0.324 e. The first-order valence-electron chi connectivity index (χ1n) is 4.61. The maximum Gasteiger partial charge on any atom is 0.127 e. The average molecular weight is 218 g/mol. The second kappa shape index (κ2) is 5.99. The Labute approximate surface area is 90.9 Å². The summed E-state index contributed by atoms with van der Waals surface area (Å²) in [5.41, 5.74) is 6.48. The summed E-state index contributed by atoms with van der Waals surface area (Å²) in [6.07, 6.45) is 0.820. The molecule has 0 aliphatic carbocycles. The van der Waals surface area contributed by atoms with Gasteiger partial charge in [0.1, 0.15) is 5.82 Å². The lowest BCUT2D eigenvalue weighted by Crippen LogP contribution is -2.14. The molecule has 1 atom stereocenters. The van der Waals surface area contributed by atoms with Crippen LogP contribution in [0.5, 0.6) is 0 Å². The lowest BCUT2D eigenvalue weighted by molar-refractivity contribution is 0.489. The minimum atomic E-state index is -0.198. The van der Waals surface area contributed by atoms with Gasteiger partial charge in [0.2, 0.25) is 0 Å². The fourth-order valence-corrected chi connectivity index (χ4v) is 1.41. The lowest BCUT2D eigenvalue weighted by atomic mass is 9.97. The molecule has 0 unspecified atom stereocenters. The number of hydrogen-bond acceptors (Lipinski definition) is 1. The van der Waals surface area contributed by atoms with Gasteiger partial charge in [-0.05, 0) is 18.4 Å². The van der Waals surface area contributed by atoms with E-state index in [0.29, 0.717) is 11.5 Å². The normalized spacial score (nSPS) is 12.4. The van der Waals surface area contributed by atoms with Crippen LogP contribution in [0.25, 0.3) is 0 Å². The Morgan fingerprint density at radius 3 is 2.36 bits per heavy atom. The molecule has 1 aromatic carbocycles. The summed E-state index contributed by atoms with van der Waals surface area (Å²) in [5, 5.41) is 0. The van der Waals surface area contributed by atoms with Crippen LogP contribution >= 0.6 is 12.4 Å². The van der Waals surface area contributed by atoms with E-state index in [1.54, 1.807) is 12.1 Å². The monoisotopic (exact) mass is 217 g/mol.